The van der Waals surface area contributed by atoms with Gasteiger partial charge in [-0.25, -0.2) is 4.79 Å². The number of carbonyl (C=O) groups is 2. The number of carbonyl (C=O) groups excluding carboxylic acids is 1. The Morgan fingerprint density at radius 2 is 1.93 bits per heavy atom. The number of amides is 1. The van der Waals surface area contributed by atoms with E-state index in [0.29, 0.717) is 37.4 Å². The van der Waals surface area contributed by atoms with E-state index in [1.165, 1.54) is 12.1 Å². The Kier molecular flexibility index (Phi) is 6.41. The number of benzene rings is 2. The van der Waals surface area contributed by atoms with Crippen molar-refractivity contribution in [1.29, 1.82) is 0 Å². The first-order chi connectivity index (χ1) is 14.3. The largest absolute Gasteiger partial charge is 0.478 e. The Labute approximate surface area is 171 Å². The molecule has 0 saturated carbocycles. The number of nitrogens with one attached hydrogen (secondary N) is 2. The zero-order valence-electron chi connectivity index (χ0n) is 15.9. The van der Waals surface area contributed by atoms with Crippen molar-refractivity contribution in [1.82, 2.24) is 5.32 Å². The third-order valence-electron chi connectivity index (χ3n) is 4.56. The maximum Gasteiger partial charge on any atom is 0.416 e. The Bertz CT molecular complexity index is 973. The lowest BCUT2D eigenvalue weighted by atomic mass is 10.1. The molecule has 1 amide bonds. The molecule has 0 unspecified atom stereocenters. The highest BCUT2D eigenvalue weighted by Gasteiger charge is 2.33. The van der Waals surface area contributed by atoms with E-state index in [4.69, 9.17) is 5.11 Å². The van der Waals surface area contributed by atoms with Gasteiger partial charge in [-0.15, -0.1) is 0 Å². The minimum Gasteiger partial charge on any atom is -0.478 e. The zero-order valence-corrected chi connectivity index (χ0v) is 15.9. The molecule has 1 heterocycles. The minimum absolute atomic E-state index is 0.163. The Morgan fingerprint density at radius 3 is 2.67 bits per heavy atom. The molecule has 0 spiro atoms. The normalized spacial score (nSPS) is 13.6. The fourth-order valence-electron chi connectivity index (χ4n) is 3.21. The minimum atomic E-state index is -4.53. The van der Waals surface area contributed by atoms with E-state index in [1.807, 2.05) is 0 Å². The molecule has 1 aliphatic heterocycles. The molecule has 0 atom stereocenters. The fourth-order valence-corrected chi connectivity index (χ4v) is 3.21. The fraction of sp³-hybridized carbons (Fsp3) is 0.238. The third-order valence-corrected chi connectivity index (χ3v) is 4.56. The lowest BCUT2D eigenvalue weighted by molar-refractivity contribution is -0.137. The predicted octanol–water partition coefficient (Wildman–Crippen LogP) is 4.03. The topological polar surface area (TPSA) is 81.7 Å². The highest BCUT2D eigenvalue weighted by molar-refractivity contribution is 6.12. The smallest absolute Gasteiger partial charge is 0.416 e. The average molecular weight is 419 g/mol. The molecule has 0 radical (unpaired) electrons. The van der Waals surface area contributed by atoms with Crippen LogP contribution in [0, 0.1) is 0 Å². The van der Waals surface area contributed by atoms with Crippen molar-refractivity contribution in [3.8, 4) is 0 Å². The second kappa shape index (κ2) is 9.00. The van der Waals surface area contributed by atoms with Crippen molar-refractivity contribution in [3.05, 3.63) is 65.7 Å². The lowest BCUT2D eigenvalue weighted by Crippen LogP contribution is -2.24. The van der Waals surface area contributed by atoms with Gasteiger partial charge in [0.1, 0.15) is 0 Å². The third kappa shape index (κ3) is 4.98. The number of anilines is 3. The number of hydrogen-bond donors (Lipinski definition) is 3. The molecule has 2 aromatic carbocycles. The summed E-state index contributed by atoms with van der Waals surface area (Å²) in [5.41, 5.74) is 0.657. The van der Waals surface area contributed by atoms with Crippen LogP contribution in [0.1, 0.15) is 22.3 Å². The SMILES string of the molecule is O=C(O)/C=C/CNCCCN1c2ccccc2NC(=O)c2ccc(C(F)(F)F)cc21. The summed E-state index contributed by atoms with van der Waals surface area (Å²) in [6.07, 6.45) is -1.47. The van der Waals surface area contributed by atoms with E-state index < -0.39 is 23.6 Å². The monoisotopic (exact) mass is 419 g/mol. The van der Waals surface area contributed by atoms with Crippen LogP contribution in [0.25, 0.3) is 0 Å². The number of rotatable bonds is 7. The summed E-state index contributed by atoms with van der Waals surface area (Å²) >= 11 is 0. The van der Waals surface area contributed by atoms with Crippen LogP contribution >= 0.6 is 0 Å². The summed E-state index contributed by atoms with van der Waals surface area (Å²) in [6, 6.07) is 10.0. The maximum absolute atomic E-state index is 13.3. The number of carboxylic acid groups (broad SMARTS) is 1. The number of carboxylic acids is 1. The molecule has 2 aromatic rings. The van der Waals surface area contributed by atoms with Gasteiger partial charge in [0.15, 0.2) is 0 Å². The van der Waals surface area contributed by atoms with Gasteiger partial charge in [0.2, 0.25) is 0 Å². The molecule has 30 heavy (non-hydrogen) atoms. The summed E-state index contributed by atoms with van der Waals surface area (Å²) in [5.74, 6) is -1.50. The van der Waals surface area contributed by atoms with E-state index in [-0.39, 0.29) is 11.3 Å². The van der Waals surface area contributed by atoms with Gasteiger partial charge in [0.25, 0.3) is 5.91 Å². The van der Waals surface area contributed by atoms with Crippen LogP contribution in [0.4, 0.5) is 30.2 Å². The van der Waals surface area contributed by atoms with Crippen molar-refractivity contribution in [2.24, 2.45) is 0 Å². The Morgan fingerprint density at radius 1 is 1.17 bits per heavy atom. The number of para-hydroxylation sites is 2. The summed E-state index contributed by atoms with van der Waals surface area (Å²) < 4.78 is 39.9. The molecule has 3 N–H and O–H groups in total. The molecule has 6 nitrogen and oxygen atoms in total. The molecular formula is C21H20F3N3O3. The molecule has 3 rings (SSSR count). The van der Waals surface area contributed by atoms with Crippen molar-refractivity contribution >= 4 is 28.9 Å². The summed E-state index contributed by atoms with van der Waals surface area (Å²) in [7, 11) is 0. The van der Waals surface area contributed by atoms with Gasteiger partial charge in [0.05, 0.1) is 28.2 Å². The first kappa shape index (κ1) is 21.4. The number of hydrogen-bond acceptors (Lipinski definition) is 4. The van der Waals surface area contributed by atoms with Gasteiger partial charge in [-0.2, -0.15) is 13.2 Å². The Hall–Kier alpha value is -3.33. The van der Waals surface area contributed by atoms with Crippen LogP contribution < -0.4 is 15.5 Å². The lowest BCUT2D eigenvalue weighted by Gasteiger charge is -2.26. The van der Waals surface area contributed by atoms with Gasteiger partial charge >= 0.3 is 12.1 Å². The number of alkyl halides is 3. The summed E-state index contributed by atoms with van der Waals surface area (Å²) in [6.45, 7) is 1.23. The van der Waals surface area contributed by atoms with Crippen molar-refractivity contribution in [2.45, 2.75) is 12.6 Å². The van der Waals surface area contributed by atoms with Crippen LogP contribution in [0.15, 0.2) is 54.6 Å². The van der Waals surface area contributed by atoms with Crippen molar-refractivity contribution < 1.29 is 27.9 Å². The second-order valence-electron chi connectivity index (χ2n) is 6.65. The maximum atomic E-state index is 13.3. The van der Waals surface area contributed by atoms with E-state index >= 15 is 0 Å². The zero-order chi connectivity index (χ0) is 21.7. The van der Waals surface area contributed by atoms with Crippen LogP contribution in [-0.2, 0) is 11.0 Å². The van der Waals surface area contributed by atoms with Gasteiger partial charge in [-0.1, -0.05) is 18.2 Å². The van der Waals surface area contributed by atoms with Crippen molar-refractivity contribution in [3.63, 3.8) is 0 Å². The van der Waals surface area contributed by atoms with Gasteiger partial charge in [-0.05, 0) is 43.3 Å². The first-order valence-electron chi connectivity index (χ1n) is 9.26. The molecule has 0 saturated heterocycles. The molecule has 0 bridgehead atoms. The van der Waals surface area contributed by atoms with Crippen LogP contribution in [-0.4, -0.2) is 36.6 Å². The number of nitrogens with zero attached hydrogens (tertiary/aromatic N) is 1. The number of halogens is 3. The number of aliphatic carboxylic acids is 1. The van der Waals surface area contributed by atoms with E-state index in [2.05, 4.69) is 10.6 Å². The molecule has 0 aromatic heterocycles. The summed E-state index contributed by atoms with van der Waals surface area (Å²) in [4.78, 5) is 24.7. The van der Waals surface area contributed by atoms with Crippen LogP contribution in [0.5, 0.6) is 0 Å². The molecular weight excluding hydrogens is 399 g/mol. The average Bonchev–Trinajstić information content (AvgIpc) is 2.80. The molecule has 0 fully saturated rings. The van der Waals surface area contributed by atoms with Gasteiger partial charge in [0, 0.05) is 19.2 Å². The molecule has 1 aliphatic rings. The highest BCUT2D eigenvalue weighted by Crippen LogP contribution is 2.40. The van der Waals surface area contributed by atoms with Gasteiger partial charge in [-0.3, -0.25) is 4.79 Å². The highest BCUT2D eigenvalue weighted by atomic mass is 19.4. The van der Waals surface area contributed by atoms with Crippen molar-refractivity contribution in [2.75, 3.05) is 29.9 Å². The molecule has 158 valence electrons. The standard InChI is InChI=1S/C21H20F3N3O3/c22-21(23,24)14-8-9-15-18(13-14)27(12-4-11-25-10-3-7-19(28)29)17-6-2-1-5-16(17)26-20(15)30/h1-3,5-9,13,25H,4,10-12H2,(H,26,30)(H,28,29)/b7-3+. The van der Waals surface area contributed by atoms with E-state index in [9.17, 15) is 22.8 Å². The summed E-state index contributed by atoms with van der Waals surface area (Å²) in [5, 5.41) is 14.4. The first-order valence-corrected chi connectivity index (χ1v) is 9.26. The van der Waals surface area contributed by atoms with Crippen LogP contribution in [0.2, 0.25) is 0 Å². The van der Waals surface area contributed by atoms with E-state index in [0.717, 1.165) is 18.2 Å². The predicted molar refractivity (Wildman–Crippen MR) is 107 cm³/mol. The van der Waals surface area contributed by atoms with Crippen LogP contribution in [0.3, 0.4) is 0 Å². The quantitative estimate of drug-likeness (QED) is 0.466. The molecule has 9 heteroatoms. The second-order valence-corrected chi connectivity index (χ2v) is 6.65. The Balaban J connectivity index is 1.86. The molecule has 0 aliphatic carbocycles. The van der Waals surface area contributed by atoms with E-state index in [1.54, 1.807) is 29.2 Å². The number of fused-ring (bicyclic) bond motifs is 2. The van der Waals surface area contributed by atoms with Gasteiger partial charge < -0.3 is 20.6 Å².